The number of amides is 1. The fourth-order valence-electron chi connectivity index (χ4n) is 1.46. The highest BCUT2D eigenvalue weighted by Crippen LogP contribution is 2.21. The van der Waals surface area contributed by atoms with Gasteiger partial charge in [0.1, 0.15) is 0 Å². The molecular weight excluding hydrogens is 229 g/mol. The van der Waals surface area contributed by atoms with Crippen LogP contribution in [0.2, 0.25) is 0 Å². The predicted molar refractivity (Wildman–Crippen MR) is 63.4 cm³/mol. The molecule has 0 heterocycles. The standard InChI is InChI=1S/C12H15ClFNO/c1-3-15(4-2)12(16)10-7-5-9(6-8-10)11(13)14/h5-8,11H,3-4H2,1-2H3. The van der Waals surface area contributed by atoms with E-state index in [1.54, 1.807) is 17.0 Å². The van der Waals surface area contributed by atoms with E-state index < -0.39 is 5.63 Å². The van der Waals surface area contributed by atoms with Crippen LogP contribution in [0.1, 0.15) is 35.4 Å². The summed E-state index contributed by atoms with van der Waals surface area (Å²) in [5.74, 6) is -0.0402. The van der Waals surface area contributed by atoms with Gasteiger partial charge in [0.25, 0.3) is 5.91 Å². The van der Waals surface area contributed by atoms with Gasteiger partial charge >= 0.3 is 0 Å². The Bertz CT molecular complexity index is 347. The minimum Gasteiger partial charge on any atom is -0.339 e. The number of carbonyl (C=O) groups excluding carboxylic acids is 1. The molecule has 0 aliphatic carbocycles. The lowest BCUT2D eigenvalue weighted by molar-refractivity contribution is 0.0773. The molecule has 1 unspecified atom stereocenters. The van der Waals surface area contributed by atoms with E-state index in [-0.39, 0.29) is 5.91 Å². The number of carbonyl (C=O) groups is 1. The molecule has 0 aliphatic rings. The molecule has 0 saturated heterocycles. The van der Waals surface area contributed by atoms with Crippen LogP contribution in [-0.2, 0) is 0 Å². The topological polar surface area (TPSA) is 20.3 Å². The zero-order valence-corrected chi connectivity index (χ0v) is 10.2. The number of alkyl halides is 2. The summed E-state index contributed by atoms with van der Waals surface area (Å²) in [7, 11) is 0. The maximum Gasteiger partial charge on any atom is 0.253 e. The summed E-state index contributed by atoms with van der Waals surface area (Å²) in [5.41, 5.74) is -0.583. The first-order valence-electron chi connectivity index (χ1n) is 5.27. The van der Waals surface area contributed by atoms with Gasteiger partial charge in [0, 0.05) is 24.2 Å². The van der Waals surface area contributed by atoms with Gasteiger partial charge < -0.3 is 4.90 Å². The average Bonchev–Trinajstić information content (AvgIpc) is 2.30. The summed E-state index contributed by atoms with van der Waals surface area (Å²) >= 11 is 5.29. The molecule has 0 bridgehead atoms. The van der Waals surface area contributed by atoms with Gasteiger partial charge in [-0.15, -0.1) is 0 Å². The molecule has 0 fully saturated rings. The van der Waals surface area contributed by atoms with Crippen LogP contribution in [0, 0.1) is 0 Å². The molecule has 1 aromatic carbocycles. The highest BCUT2D eigenvalue weighted by molar-refractivity contribution is 6.19. The Balaban J connectivity index is 2.85. The number of hydrogen-bond acceptors (Lipinski definition) is 1. The van der Waals surface area contributed by atoms with E-state index in [9.17, 15) is 9.18 Å². The average molecular weight is 244 g/mol. The Hall–Kier alpha value is -1.09. The van der Waals surface area contributed by atoms with E-state index in [1.807, 2.05) is 13.8 Å². The third kappa shape index (κ3) is 2.95. The lowest BCUT2D eigenvalue weighted by atomic mass is 10.1. The Labute approximate surface area is 100 Å². The Morgan fingerprint density at radius 2 is 1.81 bits per heavy atom. The molecule has 4 heteroatoms. The molecule has 2 nitrogen and oxygen atoms in total. The Kier molecular flexibility index (Phi) is 4.74. The third-order valence-electron chi connectivity index (χ3n) is 2.46. The van der Waals surface area contributed by atoms with E-state index >= 15 is 0 Å². The maximum atomic E-state index is 12.7. The summed E-state index contributed by atoms with van der Waals surface area (Å²) < 4.78 is 12.7. The van der Waals surface area contributed by atoms with E-state index in [0.29, 0.717) is 24.2 Å². The third-order valence-corrected chi connectivity index (χ3v) is 2.71. The second kappa shape index (κ2) is 5.85. The fraction of sp³-hybridized carbons (Fsp3) is 0.417. The lowest BCUT2D eigenvalue weighted by Crippen LogP contribution is -2.30. The first-order valence-corrected chi connectivity index (χ1v) is 5.71. The first kappa shape index (κ1) is 13.0. The Morgan fingerprint density at radius 3 is 2.19 bits per heavy atom. The van der Waals surface area contributed by atoms with E-state index in [1.165, 1.54) is 12.1 Å². The van der Waals surface area contributed by atoms with Crippen molar-refractivity contribution in [2.24, 2.45) is 0 Å². The van der Waals surface area contributed by atoms with Crippen LogP contribution in [0.15, 0.2) is 24.3 Å². The van der Waals surface area contributed by atoms with Crippen LogP contribution >= 0.6 is 11.6 Å². The molecule has 1 rings (SSSR count). The molecule has 88 valence electrons. The van der Waals surface area contributed by atoms with Crippen molar-refractivity contribution in [3.05, 3.63) is 35.4 Å². The van der Waals surface area contributed by atoms with Gasteiger partial charge in [-0.3, -0.25) is 4.79 Å². The first-order chi connectivity index (χ1) is 7.60. The van der Waals surface area contributed by atoms with Crippen LogP contribution in [0.4, 0.5) is 4.39 Å². The van der Waals surface area contributed by atoms with Gasteiger partial charge in [0.05, 0.1) is 0 Å². The normalized spacial score (nSPS) is 12.2. The smallest absolute Gasteiger partial charge is 0.253 e. The molecule has 0 radical (unpaired) electrons. The highest BCUT2D eigenvalue weighted by atomic mass is 35.5. The van der Waals surface area contributed by atoms with Crippen LogP contribution in [0.5, 0.6) is 0 Å². The second-order valence-electron chi connectivity index (χ2n) is 3.40. The van der Waals surface area contributed by atoms with Crippen molar-refractivity contribution in [1.82, 2.24) is 4.90 Å². The minimum absolute atomic E-state index is 0.0402. The molecule has 1 aromatic rings. The number of benzene rings is 1. The molecule has 0 aromatic heterocycles. The summed E-state index contributed by atoms with van der Waals surface area (Å²) in [6, 6.07) is 6.28. The molecule has 0 aliphatic heterocycles. The van der Waals surface area contributed by atoms with E-state index in [4.69, 9.17) is 11.6 Å². The maximum absolute atomic E-state index is 12.7. The summed E-state index contributed by atoms with van der Waals surface area (Å²) in [4.78, 5) is 13.6. The van der Waals surface area contributed by atoms with Crippen LogP contribution in [0.25, 0.3) is 0 Å². The minimum atomic E-state index is -1.52. The zero-order chi connectivity index (χ0) is 12.1. The van der Waals surface area contributed by atoms with Crippen molar-refractivity contribution in [1.29, 1.82) is 0 Å². The van der Waals surface area contributed by atoms with Crippen LogP contribution in [-0.4, -0.2) is 23.9 Å². The molecule has 1 amide bonds. The van der Waals surface area contributed by atoms with Gasteiger partial charge in [-0.2, -0.15) is 0 Å². The van der Waals surface area contributed by atoms with Crippen molar-refractivity contribution in [3.8, 4) is 0 Å². The second-order valence-corrected chi connectivity index (χ2v) is 3.78. The quantitative estimate of drug-likeness (QED) is 0.743. The predicted octanol–water partition coefficient (Wildman–Crippen LogP) is 3.38. The summed E-state index contributed by atoms with van der Waals surface area (Å²) in [5, 5.41) is 0. The van der Waals surface area contributed by atoms with Gasteiger partial charge in [0.15, 0.2) is 5.63 Å². The van der Waals surface area contributed by atoms with E-state index in [2.05, 4.69) is 0 Å². The summed E-state index contributed by atoms with van der Waals surface area (Å²) in [6.45, 7) is 5.18. The number of halogens is 2. The monoisotopic (exact) mass is 243 g/mol. The largest absolute Gasteiger partial charge is 0.339 e. The van der Waals surface area contributed by atoms with Gasteiger partial charge in [0.2, 0.25) is 0 Å². The van der Waals surface area contributed by atoms with Crippen molar-refractivity contribution in [2.45, 2.75) is 19.5 Å². The SMILES string of the molecule is CCN(CC)C(=O)c1ccc(C(F)Cl)cc1. The van der Waals surface area contributed by atoms with Crippen molar-refractivity contribution >= 4 is 17.5 Å². The summed E-state index contributed by atoms with van der Waals surface area (Å²) in [6.07, 6.45) is 0. The van der Waals surface area contributed by atoms with Crippen molar-refractivity contribution in [3.63, 3.8) is 0 Å². The number of nitrogens with zero attached hydrogens (tertiary/aromatic N) is 1. The number of rotatable bonds is 4. The zero-order valence-electron chi connectivity index (χ0n) is 9.41. The van der Waals surface area contributed by atoms with E-state index in [0.717, 1.165) is 0 Å². The molecule has 16 heavy (non-hydrogen) atoms. The number of hydrogen-bond donors (Lipinski definition) is 0. The van der Waals surface area contributed by atoms with Crippen molar-refractivity contribution in [2.75, 3.05) is 13.1 Å². The van der Waals surface area contributed by atoms with Gasteiger partial charge in [-0.1, -0.05) is 23.7 Å². The molecule has 0 spiro atoms. The Morgan fingerprint density at radius 1 is 1.31 bits per heavy atom. The van der Waals surface area contributed by atoms with Crippen LogP contribution < -0.4 is 0 Å². The van der Waals surface area contributed by atoms with Gasteiger partial charge in [-0.05, 0) is 26.0 Å². The molecule has 0 N–H and O–H groups in total. The highest BCUT2D eigenvalue weighted by Gasteiger charge is 2.13. The molecule has 0 saturated carbocycles. The van der Waals surface area contributed by atoms with Crippen molar-refractivity contribution < 1.29 is 9.18 Å². The van der Waals surface area contributed by atoms with Gasteiger partial charge in [-0.25, -0.2) is 4.39 Å². The molecular formula is C12H15ClFNO. The lowest BCUT2D eigenvalue weighted by Gasteiger charge is -2.18. The fourth-order valence-corrected chi connectivity index (χ4v) is 1.61. The molecule has 1 atom stereocenters. The van der Waals surface area contributed by atoms with Crippen LogP contribution in [0.3, 0.4) is 0 Å².